The Labute approximate surface area is 153 Å². The number of ether oxygens (including phenoxy) is 2. The molecule has 1 aliphatic rings. The fraction of sp³-hybridized carbons (Fsp3) is 0.556. The van der Waals surface area contributed by atoms with Crippen LogP contribution in [0.1, 0.15) is 32.1 Å². The molecule has 0 saturated carbocycles. The lowest BCUT2D eigenvalue weighted by molar-refractivity contribution is 0.186. The van der Waals surface area contributed by atoms with E-state index in [0.29, 0.717) is 23.1 Å². The van der Waals surface area contributed by atoms with Gasteiger partial charge in [-0.2, -0.15) is 0 Å². The molecule has 6 nitrogen and oxygen atoms in total. The summed E-state index contributed by atoms with van der Waals surface area (Å²) in [6, 6.07) is 5.54. The van der Waals surface area contributed by atoms with Gasteiger partial charge in [-0.25, -0.2) is 4.68 Å². The van der Waals surface area contributed by atoms with Gasteiger partial charge in [0, 0.05) is 6.07 Å². The van der Waals surface area contributed by atoms with Crippen molar-refractivity contribution in [2.24, 2.45) is 0 Å². The van der Waals surface area contributed by atoms with E-state index in [4.69, 9.17) is 26.1 Å². The van der Waals surface area contributed by atoms with Crippen molar-refractivity contribution in [1.29, 1.82) is 0 Å². The average Bonchev–Trinajstić information content (AvgIpc) is 2.97. The van der Waals surface area contributed by atoms with Gasteiger partial charge in [0.15, 0.2) is 0 Å². The topological polar surface area (TPSA) is 52.7 Å². The highest BCUT2D eigenvalue weighted by Crippen LogP contribution is 2.32. The minimum atomic E-state index is 0.384. The number of methoxy groups -OCH3 is 2. The van der Waals surface area contributed by atoms with Gasteiger partial charge in [0.2, 0.25) is 0 Å². The molecular formula is C18H25N3O3S. The number of rotatable bonds is 5. The third-order valence-electron chi connectivity index (χ3n) is 4.53. The Morgan fingerprint density at radius 3 is 2.48 bits per heavy atom. The van der Waals surface area contributed by atoms with Crippen LogP contribution in [0.4, 0.5) is 0 Å². The van der Waals surface area contributed by atoms with Crippen molar-refractivity contribution in [1.82, 2.24) is 14.7 Å². The largest absolute Gasteiger partial charge is 0.497 e. The van der Waals surface area contributed by atoms with Crippen LogP contribution in [0.5, 0.6) is 11.5 Å². The monoisotopic (exact) mass is 363 g/mol. The van der Waals surface area contributed by atoms with Gasteiger partial charge >= 0.3 is 0 Å². The minimum Gasteiger partial charge on any atom is -0.497 e. The van der Waals surface area contributed by atoms with Gasteiger partial charge < -0.3 is 13.9 Å². The first-order valence-electron chi connectivity index (χ1n) is 8.74. The lowest BCUT2D eigenvalue weighted by atomic mass is 10.1. The molecule has 0 unspecified atom stereocenters. The zero-order valence-electron chi connectivity index (χ0n) is 14.9. The first kappa shape index (κ1) is 17.9. The van der Waals surface area contributed by atoms with Crippen LogP contribution in [0.3, 0.4) is 0 Å². The van der Waals surface area contributed by atoms with Gasteiger partial charge in [-0.15, -0.1) is 5.10 Å². The third kappa shape index (κ3) is 4.41. The lowest BCUT2D eigenvalue weighted by Crippen LogP contribution is -2.30. The smallest absolute Gasteiger partial charge is 0.288 e. The highest BCUT2D eigenvalue weighted by Gasteiger charge is 2.16. The summed E-state index contributed by atoms with van der Waals surface area (Å²) in [5, 5.41) is 4.58. The van der Waals surface area contributed by atoms with Gasteiger partial charge in [-0.1, -0.05) is 19.3 Å². The Hall–Kier alpha value is -1.86. The van der Waals surface area contributed by atoms with E-state index in [1.165, 1.54) is 32.1 Å². The number of hydrogen-bond acceptors (Lipinski definition) is 6. The van der Waals surface area contributed by atoms with E-state index in [-0.39, 0.29) is 0 Å². The Morgan fingerprint density at radius 2 is 1.80 bits per heavy atom. The van der Waals surface area contributed by atoms with Crippen molar-refractivity contribution in [3.63, 3.8) is 0 Å². The predicted octanol–water partition coefficient (Wildman–Crippen LogP) is 4.11. The summed E-state index contributed by atoms with van der Waals surface area (Å²) in [5.74, 6) is 1.84. The third-order valence-corrected chi connectivity index (χ3v) is 4.82. The number of aromatic nitrogens is 2. The molecular weight excluding hydrogens is 338 g/mol. The molecule has 136 valence electrons. The Morgan fingerprint density at radius 1 is 1.08 bits per heavy atom. The van der Waals surface area contributed by atoms with Crippen LogP contribution in [0.2, 0.25) is 0 Å². The highest BCUT2D eigenvalue weighted by atomic mass is 32.1. The molecule has 2 heterocycles. The molecule has 25 heavy (non-hydrogen) atoms. The first-order valence-corrected chi connectivity index (χ1v) is 9.15. The van der Waals surface area contributed by atoms with Gasteiger partial charge in [0.1, 0.15) is 11.5 Å². The van der Waals surface area contributed by atoms with E-state index in [1.807, 2.05) is 18.2 Å². The summed E-state index contributed by atoms with van der Waals surface area (Å²) in [6.45, 7) is 2.83. The minimum absolute atomic E-state index is 0.384. The molecule has 1 aromatic heterocycles. The van der Waals surface area contributed by atoms with Gasteiger partial charge in [0.05, 0.1) is 26.5 Å². The standard InChI is InChI=1S/C18H25N3O3S/c1-22-14-8-9-15(16(12-14)23-2)17-19-21(18(25)24-17)13-20-10-6-4-3-5-7-11-20/h8-9,12H,3-7,10-11,13H2,1-2H3. The van der Waals surface area contributed by atoms with Crippen LogP contribution in [-0.2, 0) is 6.67 Å². The van der Waals surface area contributed by atoms with E-state index in [2.05, 4.69) is 10.00 Å². The van der Waals surface area contributed by atoms with Gasteiger partial charge in [0.25, 0.3) is 10.7 Å². The molecule has 0 amide bonds. The van der Waals surface area contributed by atoms with Crippen molar-refractivity contribution in [2.45, 2.75) is 38.8 Å². The molecule has 1 fully saturated rings. The number of likely N-dealkylation sites (tertiary alicyclic amines) is 1. The van der Waals surface area contributed by atoms with E-state index >= 15 is 0 Å². The number of benzene rings is 1. The summed E-state index contributed by atoms with van der Waals surface area (Å²) in [6.07, 6.45) is 6.40. The molecule has 1 aromatic carbocycles. The van der Waals surface area contributed by atoms with Crippen LogP contribution in [0.15, 0.2) is 22.6 Å². The van der Waals surface area contributed by atoms with Crippen molar-refractivity contribution in [2.75, 3.05) is 27.3 Å². The van der Waals surface area contributed by atoms with E-state index in [0.717, 1.165) is 24.4 Å². The van der Waals surface area contributed by atoms with Crippen molar-refractivity contribution < 1.29 is 13.9 Å². The maximum Gasteiger partial charge on any atom is 0.288 e. The fourth-order valence-electron chi connectivity index (χ4n) is 3.12. The van der Waals surface area contributed by atoms with Crippen LogP contribution >= 0.6 is 12.2 Å². The van der Waals surface area contributed by atoms with Crippen molar-refractivity contribution in [3.05, 3.63) is 23.0 Å². The molecule has 0 N–H and O–H groups in total. The Balaban J connectivity index is 1.81. The normalized spacial score (nSPS) is 16.2. The Bertz CT molecular complexity index is 748. The van der Waals surface area contributed by atoms with Crippen molar-refractivity contribution in [3.8, 4) is 23.0 Å². The second kappa shape index (κ2) is 8.49. The van der Waals surface area contributed by atoms with E-state index in [1.54, 1.807) is 18.9 Å². The van der Waals surface area contributed by atoms with Gasteiger partial charge in [-0.3, -0.25) is 4.90 Å². The zero-order valence-corrected chi connectivity index (χ0v) is 15.7. The van der Waals surface area contributed by atoms with E-state index < -0.39 is 0 Å². The highest BCUT2D eigenvalue weighted by molar-refractivity contribution is 7.71. The van der Waals surface area contributed by atoms with Crippen LogP contribution in [-0.4, -0.2) is 42.0 Å². The Kier molecular flexibility index (Phi) is 6.09. The first-order chi connectivity index (χ1) is 12.2. The molecule has 0 aliphatic carbocycles. The summed E-state index contributed by atoms with van der Waals surface area (Å²) in [4.78, 5) is 2.78. The maximum absolute atomic E-state index is 5.73. The molecule has 7 heteroatoms. The van der Waals surface area contributed by atoms with Crippen LogP contribution < -0.4 is 9.47 Å². The maximum atomic E-state index is 5.73. The molecule has 1 aliphatic heterocycles. The molecule has 0 radical (unpaired) electrons. The molecule has 3 rings (SSSR count). The summed E-state index contributed by atoms with van der Waals surface area (Å²) < 4.78 is 18.2. The van der Waals surface area contributed by atoms with Crippen LogP contribution in [0.25, 0.3) is 11.5 Å². The average molecular weight is 363 g/mol. The summed E-state index contributed by atoms with van der Waals surface area (Å²) in [7, 11) is 3.24. The second-order valence-corrected chi connectivity index (χ2v) is 6.62. The number of nitrogens with zero attached hydrogens (tertiary/aromatic N) is 3. The molecule has 2 aromatic rings. The molecule has 0 spiro atoms. The van der Waals surface area contributed by atoms with Gasteiger partial charge in [-0.05, 0) is 50.3 Å². The molecule has 1 saturated heterocycles. The fourth-order valence-corrected chi connectivity index (χ4v) is 3.30. The van der Waals surface area contributed by atoms with E-state index in [9.17, 15) is 0 Å². The van der Waals surface area contributed by atoms with Crippen LogP contribution in [0, 0.1) is 4.84 Å². The second-order valence-electron chi connectivity index (χ2n) is 6.27. The SMILES string of the molecule is COc1ccc(-c2nn(CN3CCCCCCC3)c(=S)o2)c(OC)c1. The summed E-state index contributed by atoms with van der Waals surface area (Å²) >= 11 is 5.37. The summed E-state index contributed by atoms with van der Waals surface area (Å²) in [5.41, 5.74) is 0.765. The number of hydrogen-bond donors (Lipinski definition) is 0. The quantitative estimate of drug-likeness (QED) is 0.745. The molecule has 0 atom stereocenters. The van der Waals surface area contributed by atoms with Crippen molar-refractivity contribution >= 4 is 12.2 Å². The lowest BCUT2D eigenvalue weighted by Gasteiger charge is -2.23. The zero-order chi connectivity index (χ0) is 17.6. The predicted molar refractivity (Wildman–Crippen MR) is 98.5 cm³/mol. The molecule has 0 bridgehead atoms.